The van der Waals surface area contributed by atoms with Crippen molar-refractivity contribution in [3.63, 3.8) is 0 Å². The highest BCUT2D eigenvalue weighted by Crippen LogP contribution is 2.01. The van der Waals surface area contributed by atoms with E-state index in [1.54, 1.807) is 6.20 Å². The van der Waals surface area contributed by atoms with Gasteiger partial charge in [-0.05, 0) is 31.4 Å². The Hall–Kier alpha value is -1.57. The molecule has 0 spiro atoms. The summed E-state index contributed by atoms with van der Waals surface area (Å²) in [6.07, 6.45) is 3.90. The Kier molecular flexibility index (Phi) is 9.29. The molecule has 0 aliphatic rings. The molecular weight excluding hydrogens is 389 g/mol. The number of aliphatic imine (C=N–C) groups is 1. The van der Waals surface area contributed by atoms with Crippen LogP contribution in [-0.4, -0.2) is 29.2 Å². The fourth-order valence-corrected chi connectivity index (χ4v) is 2.02. The standard InChI is InChI=1S/C16H23N5.HI/c1-2-17-16(19-13-15-10-12-20-21-15)18-11-6-9-14-7-4-3-5-8-14;/h3-5,7-8,10,12H,2,6,9,11,13H2,1H3,(H,20,21)(H2,17,18,19);1H. The van der Waals surface area contributed by atoms with E-state index in [0.717, 1.165) is 37.6 Å². The van der Waals surface area contributed by atoms with Gasteiger partial charge in [-0.2, -0.15) is 5.10 Å². The summed E-state index contributed by atoms with van der Waals surface area (Å²) >= 11 is 0. The summed E-state index contributed by atoms with van der Waals surface area (Å²) in [5.74, 6) is 0.847. The number of nitrogens with zero attached hydrogens (tertiary/aromatic N) is 2. The van der Waals surface area contributed by atoms with Gasteiger partial charge in [-0.1, -0.05) is 30.3 Å². The largest absolute Gasteiger partial charge is 0.357 e. The number of aromatic nitrogens is 2. The first-order valence-electron chi connectivity index (χ1n) is 7.43. The minimum absolute atomic E-state index is 0. The fourth-order valence-electron chi connectivity index (χ4n) is 2.02. The van der Waals surface area contributed by atoms with Crippen LogP contribution in [0.15, 0.2) is 47.6 Å². The third-order valence-electron chi connectivity index (χ3n) is 3.09. The van der Waals surface area contributed by atoms with Crippen molar-refractivity contribution in [1.29, 1.82) is 0 Å². The predicted molar refractivity (Wildman–Crippen MR) is 102 cm³/mol. The molecule has 0 amide bonds. The van der Waals surface area contributed by atoms with Crippen LogP contribution in [0, 0.1) is 0 Å². The maximum atomic E-state index is 4.52. The summed E-state index contributed by atoms with van der Waals surface area (Å²) < 4.78 is 0. The molecule has 2 aromatic rings. The summed E-state index contributed by atoms with van der Waals surface area (Å²) in [6.45, 7) is 4.43. The lowest BCUT2D eigenvalue weighted by Crippen LogP contribution is -2.37. The number of rotatable bonds is 7. The number of aromatic amines is 1. The molecule has 0 bridgehead atoms. The third kappa shape index (κ3) is 6.93. The molecule has 5 nitrogen and oxygen atoms in total. The molecule has 0 atom stereocenters. The van der Waals surface area contributed by atoms with Crippen molar-refractivity contribution in [1.82, 2.24) is 20.8 Å². The maximum absolute atomic E-state index is 4.52. The number of guanidine groups is 1. The zero-order valence-electron chi connectivity index (χ0n) is 12.9. The molecule has 6 heteroatoms. The minimum atomic E-state index is 0. The molecule has 120 valence electrons. The van der Waals surface area contributed by atoms with E-state index < -0.39 is 0 Å². The lowest BCUT2D eigenvalue weighted by atomic mass is 10.1. The highest BCUT2D eigenvalue weighted by Gasteiger charge is 1.98. The third-order valence-corrected chi connectivity index (χ3v) is 3.09. The second-order valence-electron chi connectivity index (χ2n) is 4.79. The second-order valence-corrected chi connectivity index (χ2v) is 4.79. The fraction of sp³-hybridized carbons (Fsp3) is 0.375. The van der Waals surface area contributed by atoms with Gasteiger partial charge < -0.3 is 10.6 Å². The molecule has 0 saturated carbocycles. The quantitative estimate of drug-likeness (QED) is 0.283. The molecule has 2 rings (SSSR count). The van der Waals surface area contributed by atoms with Gasteiger partial charge in [0.05, 0.1) is 12.2 Å². The molecule has 0 aliphatic heterocycles. The van der Waals surface area contributed by atoms with Crippen LogP contribution in [-0.2, 0) is 13.0 Å². The van der Waals surface area contributed by atoms with E-state index in [1.165, 1.54) is 5.56 Å². The lowest BCUT2D eigenvalue weighted by Gasteiger charge is -2.11. The van der Waals surface area contributed by atoms with Crippen LogP contribution in [0.3, 0.4) is 0 Å². The molecule has 0 unspecified atom stereocenters. The summed E-state index contributed by atoms with van der Waals surface area (Å²) in [7, 11) is 0. The zero-order valence-corrected chi connectivity index (χ0v) is 15.2. The minimum Gasteiger partial charge on any atom is -0.357 e. The van der Waals surface area contributed by atoms with Crippen molar-refractivity contribution in [2.24, 2.45) is 4.99 Å². The van der Waals surface area contributed by atoms with E-state index in [0.29, 0.717) is 6.54 Å². The average Bonchev–Trinajstić information content (AvgIpc) is 3.03. The topological polar surface area (TPSA) is 65.1 Å². The number of aryl methyl sites for hydroxylation is 1. The van der Waals surface area contributed by atoms with Gasteiger partial charge in [0, 0.05) is 19.3 Å². The van der Waals surface area contributed by atoms with Crippen LogP contribution in [0.1, 0.15) is 24.6 Å². The summed E-state index contributed by atoms with van der Waals surface area (Å²) in [4.78, 5) is 4.52. The molecule has 3 N–H and O–H groups in total. The number of nitrogens with one attached hydrogen (secondary N) is 3. The molecule has 1 aromatic heterocycles. The summed E-state index contributed by atoms with van der Waals surface area (Å²) in [5, 5.41) is 13.4. The highest BCUT2D eigenvalue weighted by molar-refractivity contribution is 14.0. The molecule has 0 saturated heterocycles. The van der Waals surface area contributed by atoms with E-state index in [4.69, 9.17) is 0 Å². The number of hydrogen-bond donors (Lipinski definition) is 3. The van der Waals surface area contributed by atoms with E-state index in [9.17, 15) is 0 Å². The van der Waals surface area contributed by atoms with Crippen LogP contribution in [0.25, 0.3) is 0 Å². The molecule has 1 heterocycles. The first-order chi connectivity index (χ1) is 10.4. The van der Waals surface area contributed by atoms with Gasteiger partial charge in [-0.3, -0.25) is 5.10 Å². The van der Waals surface area contributed by atoms with Gasteiger partial charge in [0.2, 0.25) is 0 Å². The summed E-state index contributed by atoms with van der Waals surface area (Å²) in [5.41, 5.74) is 2.38. The van der Waals surface area contributed by atoms with Crippen LogP contribution in [0.5, 0.6) is 0 Å². The number of H-pyrrole nitrogens is 1. The number of benzene rings is 1. The zero-order chi connectivity index (χ0) is 14.8. The van der Waals surface area contributed by atoms with Crippen molar-refractivity contribution < 1.29 is 0 Å². The van der Waals surface area contributed by atoms with Gasteiger partial charge in [-0.15, -0.1) is 24.0 Å². The Morgan fingerprint density at radius 2 is 2.00 bits per heavy atom. The van der Waals surface area contributed by atoms with Crippen LogP contribution in [0.2, 0.25) is 0 Å². The Labute approximate surface area is 149 Å². The Bertz CT molecular complexity index is 525. The van der Waals surface area contributed by atoms with E-state index >= 15 is 0 Å². The van der Waals surface area contributed by atoms with Crippen molar-refractivity contribution in [2.75, 3.05) is 13.1 Å². The second kappa shape index (κ2) is 11.1. The highest BCUT2D eigenvalue weighted by atomic mass is 127. The molecule has 22 heavy (non-hydrogen) atoms. The maximum Gasteiger partial charge on any atom is 0.191 e. The smallest absolute Gasteiger partial charge is 0.191 e. The van der Waals surface area contributed by atoms with Crippen LogP contribution in [0.4, 0.5) is 0 Å². The normalized spacial score (nSPS) is 10.9. The van der Waals surface area contributed by atoms with E-state index in [1.807, 2.05) is 12.1 Å². The van der Waals surface area contributed by atoms with Crippen molar-refractivity contribution in [3.05, 3.63) is 53.9 Å². The van der Waals surface area contributed by atoms with Crippen LogP contribution >= 0.6 is 24.0 Å². The van der Waals surface area contributed by atoms with E-state index in [2.05, 4.69) is 57.0 Å². The lowest BCUT2D eigenvalue weighted by molar-refractivity contribution is 0.742. The SMILES string of the molecule is CCNC(=NCc1ccn[nH]1)NCCCc1ccccc1.I. The van der Waals surface area contributed by atoms with Crippen molar-refractivity contribution in [3.8, 4) is 0 Å². The van der Waals surface area contributed by atoms with Crippen molar-refractivity contribution >= 4 is 29.9 Å². The Balaban J connectivity index is 0.00000242. The van der Waals surface area contributed by atoms with Crippen molar-refractivity contribution in [2.45, 2.75) is 26.3 Å². The molecule has 0 fully saturated rings. The Morgan fingerprint density at radius 3 is 2.68 bits per heavy atom. The molecule has 0 radical (unpaired) electrons. The van der Waals surface area contributed by atoms with Gasteiger partial charge in [0.15, 0.2) is 5.96 Å². The predicted octanol–water partition coefficient (Wildman–Crippen LogP) is 2.72. The summed E-state index contributed by atoms with van der Waals surface area (Å²) in [6, 6.07) is 12.5. The Morgan fingerprint density at radius 1 is 1.18 bits per heavy atom. The first kappa shape index (κ1) is 18.5. The van der Waals surface area contributed by atoms with Crippen LogP contribution < -0.4 is 10.6 Å². The number of hydrogen-bond acceptors (Lipinski definition) is 2. The number of halogens is 1. The molecular formula is C16H24IN5. The van der Waals surface area contributed by atoms with Gasteiger partial charge in [0.25, 0.3) is 0 Å². The van der Waals surface area contributed by atoms with Gasteiger partial charge in [0.1, 0.15) is 0 Å². The first-order valence-corrected chi connectivity index (χ1v) is 7.43. The van der Waals surface area contributed by atoms with E-state index in [-0.39, 0.29) is 24.0 Å². The van der Waals surface area contributed by atoms with Gasteiger partial charge in [-0.25, -0.2) is 4.99 Å². The molecule has 0 aliphatic carbocycles. The monoisotopic (exact) mass is 413 g/mol. The average molecular weight is 413 g/mol. The molecule has 1 aromatic carbocycles. The van der Waals surface area contributed by atoms with Gasteiger partial charge >= 0.3 is 0 Å².